The fourth-order valence-corrected chi connectivity index (χ4v) is 2.62. The first-order chi connectivity index (χ1) is 9.56. The van der Waals surface area contributed by atoms with Crippen molar-refractivity contribution in [2.24, 2.45) is 11.8 Å². The second-order valence-corrected chi connectivity index (χ2v) is 6.38. The van der Waals surface area contributed by atoms with Gasteiger partial charge in [0.1, 0.15) is 5.82 Å². The van der Waals surface area contributed by atoms with Crippen molar-refractivity contribution in [1.29, 1.82) is 0 Å². The number of hydrogen-bond acceptors (Lipinski definition) is 4. The molecule has 1 fully saturated rings. The maximum atomic E-state index is 4.65. The van der Waals surface area contributed by atoms with Crippen LogP contribution in [0.3, 0.4) is 0 Å². The van der Waals surface area contributed by atoms with E-state index in [1.54, 1.807) is 0 Å². The van der Waals surface area contributed by atoms with E-state index in [-0.39, 0.29) is 0 Å². The smallest absolute Gasteiger partial charge is 0.147 e. The Hall–Kier alpha value is -1.16. The quantitative estimate of drug-likeness (QED) is 0.897. The molecule has 2 rings (SSSR count). The van der Waals surface area contributed by atoms with Crippen LogP contribution in [0.4, 0.5) is 5.82 Å². The molecule has 0 saturated carbocycles. The lowest BCUT2D eigenvalue weighted by molar-refractivity contribution is 0.373. The highest BCUT2D eigenvalue weighted by atomic mass is 15.2. The van der Waals surface area contributed by atoms with Gasteiger partial charge in [0, 0.05) is 13.1 Å². The lowest BCUT2D eigenvalue weighted by atomic mass is 9.96. The third-order valence-electron chi connectivity index (χ3n) is 4.10. The molecule has 0 radical (unpaired) electrons. The predicted octanol–water partition coefficient (Wildman–Crippen LogP) is 2.56. The molecule has 4 nitrogen and oxygen atoms in total. The molecule has 112 valence electrons. The molecule has 1 saturated heterocycles. The summed E-state index contributed by atoms with van der Waals surface area (Å²) in [5, 5.41) is 3.58. The van der Waals surface area contributed by atoms with Gasteiger partial charge in [-0.05, 0) is 51.6 Å². The van der Waals surface area contributed by atoms with E-state index in [0.717, 1.165) is 55.2 Å². The maximum Gasteiger partial charge on any atom is 0.147 e. The molecule has 0 amide bonds. The Labute approximate surface area is 123 Å². The molecule has 1 aromatic heterocycles. The molecule has 1 aromatic rings. The normalized spacial score (nSPS) is 16.9. The van der Waals surface area contributed by atoms with E-state index in [1.165, 1.54) is 12.8 Å². The third kappa shape index (κ3) is 4.17. The molecule has 1 aliphatic heterocycles. The highest BCUT2D eigenvalue weighted by molar-refractivity contribution is 5.37. The number of aromatic nitrogens is 2. The first-order valence-electron chi connectivity index (χ1n) is 7.82. The summed E-state index contributed by atoms with van der Waals surface area (Å²) in [6.45, 7) is 13.1. The molecule has 2 heterocycles. The number of nitrogens with zero attached hydrogens (tertiary/aromatic N) is 3. The molecule has 1 N–H and O–H groups in total. The molecule has 0 aliphatic carbocycles. The minimum atomic E-state index is 0.737. The Morgan fingerprint density at radius 1 is 1.25 bits per heavy atom. The Morgan fingerprint density at radius 2 is 1.95 bits per heavy atom. The molecule has 0 aromatic carbocycles. The van der Waals surface area contributed by atoms with Gasteiger partial charge in [0.25, 0.3) is 0 Å². The molecule has 0 spiro atoms. The fourth-order valence-electron chi connectivity index (χ4n) is 2.62. The lowest BCUT2D eigenvalue weighted by Gasteiger charge is -2.33. The van der Waals surface area contributed by atoms with Gasteiger partial charge < -0.3 is 10.2 Å². The second-order valence-electron chi connectivity index (χ2n) is 6.38. The summed E-state index contributed by atoms with van der Waals surface area (Å²) in [4.78, 5) is 11.5. The van der Waals surface area contributed by atoms with Gasteiger partial charge in [-0.1, -0.05) is 13.8 Å². The van der Waals surface area contributed by atoms with Crippen LogP contribution < -0.4 is 10.2 Å². The van der Waals surface area contributed by atoms with Gasteiger partial charge in [-0.2, -0.15) is 0 Å². The summed E-state index contributed by atoms with van der Waals surface area (Å²) in [6.07, 6.45) is 4.42. The monoisotopic (exact) mass is 276 g/mol. The van der Waals surface area contributed by atoms with Gasteiger partial charge >= 0.3 is 0 Å². The number of rotatable bonds is 5. The topological polar surface area (TPSA) is 41.1 Å². The van der Waals surface area contributed by atoms with Crippen molar-refractivity contribution in [3.8, 4) is 0 Å². The minimum Gasteiger partial charge on any atom is -0.355 e. The second kappa shape index (κ2) is 7.02. The van der Waals surface area contributed by atoms with E-state index in [4.69, 9.17) is 0 Å². The largest absolute Gasteiger partial charge is 0.355 e. The van der Waals surface area contributed by atoms with Gasteiger partial charge in [0.2, 0.25) is 0 Å². The van der Waals surface area contributed by atoms with Gasteiger partial charge in [0.15, 0.2) is 0 Å². The van der Waals surface area contributed by atoms with Crippen molar-refractivity contribution in [1.82, 2.24) is 15.3 Å². The van der Waals surface area contributed by atoms with Gasteiger partial charge in [-0.25, -0.2) is 4.98 Å². The summed E-state index contributed by atoms with van der Waals surface area (Å²) in [5.41, 5.74) is 2.07. The highest BCUT2D eigenvalue weighted by Crippen LogP contribution is 2.21. The van der Waals surface area contributed by atoms with Crippen molar-refractivity contribution in [2.75, 3.05) is 31.1 Å². The van der Waals surface area contributed by atoms with Crippen molar-refractivity contribution in [3.05, 3.63) is 17.6 Å². The van der Waals surface area contributed by atoms with E-state index in [0.29, 0.717) is 0 Å². The van der Waals surface area contributed by atoms with Crippen LogP contribution in [0.1, 0.15) is 38.1 Å². The van der Waals surface area contributed by atoms with Crippen LogP contribution in [0.25, 0.3) is 0 Å². The van der Waals surface area contributed by atoms with Crippen LogP contribution in [0, 0.1) is 25.7 Å². The lowest BCUT2D eigenvalue weighted by Crippen LogP contribution is -2.38. The summed E-state index contributed by atoms with van der Waals surface area (Å²) in [5.74, 6) is 2.59. The molecular weight excluding hydrogens is 248 g/mol. The molecule has 0 unspecified atom stereocenters. The molecule has 20 heavy (non-hydrogen) atoms. The molecule has 4 heteroatoms. The van der Waals surface area contributed by atoms with Gasteiger partial charge in [-0.15, -0.1) is 0 Å². The van der Waals surface area contributed by atoms with Crippen molar-refractivity contribution in [3.63, 3.8) is 0 Å². The standard InChI is InChI=1S/C16H28N4/c1-12(2)9-17-10-15-5-7-20(8-6-15)16-11-18-13(3)14(4)19-16/h11-12,15,17H,5-10H2,1-4H3. The van der Waals surface area contributed by atoms with Gasteiger partial charge in [0.05, 0.1) is 17.6 Å². The van der Waals surface area contributed by atoms with E-state index in [2.05, 4.69) is 34.0 Å². The zero-order valence-corrected chi connectivity index (χ0v) is 13.3. The number of anilines is 1. The first-order valence-corrected chi connectivity index (χ1v) is 7.82. The number of nitrogens with one attached hydrogen (secondary N) is 1. The van der Waals surface area contributed by atoms with Crippen LogP contribution in [0.15, 0.2) is 6.20 Å². The maximum absolute atomic E-state index is 4.65. The fraction of sp³-hybridized carbons (Fsp3) is 0.750. The minimum absolute atomic E-state index is 0.737. The summed E-state index contributed by atoms with van der Waals surface area (Å²) in [6, 6.07) is 0. The summed E-state index contributed by atoms with van der Waals surface area (Å²) < 4.78 is 0. The number of piperidine rings is 1. The zero-order valence-electron chi connectivity index (χ0n) is 13.3. The first kappa shape index (κ1) is 15.2. The summed E-state index contributed by atoms with van der Waals surface area (Å²) >= 11 is 0. The summed E-state index contributed by atoms with van der Waals surface area (Å²) in [7, 11) is 0. The molecule has 0 bridgehead atoms. The van der Waals surface area contributed by atoms with Crippen molar-refractivity contribution >= 4 is 5.82 Å². The van der Waals surface area contributed by atoms with E-state index in [9.17, 15) is 0 Å². The van der Waals surface area contributed by atoms with Gasteiger partial charge in [-0.3, -0.25) is 4.98 Å². The Morgan fingerprint density at radius 3 is 2.55 bits per heavy atom. The molecule has 0 atom stereocenters. The Bertz CT molecular complexity index is 422. The predicted molar refractivity (Wildman–Crippen MR) is 84.2 cm³/mol. The van der Waals surface area contributed by atoms with Crippen LogP contribution in [0.2, 0.25) is 0 Å². The SMILES string of the molecule is Cc1ncc(N2CCC(CNCC(C)C)CC2)nc1C. The average molecular weight is 276 g/mol. The van der Waals surface area contributed by atoms with E-state index < -0.39 is 0 Å². The van der Waals surface area contributed by atoms with Crippen molar-refractivity contribution < 1.29 is 0 Å². The van der Waals surface area contributed by atoms with Crippen LogP contribution in [-0.2, 0) is 0 Å². The van der Waals surface area contributed by atoms with E-state index >= 15 is 0 Å². The Balaban J connectivity index is 1.80. The van der Waals surface area contributed by atoms with Crippen LogP contribution in [0.5, 0.6) is 0 Å². The van der Waals surface area contributed by atoms with E-state index in [1.807, 2.05) is 20.0 Å². The van der Waals surface area contributed by atoms with Crippen molar-refractivity contribution in [2.45, 2.75) is 40.5 Å². The third-order valence-corrected chi connectivity index (χ3v) is 4.10. The molecule has 1 aliphatic rings. The Kier molecular flexibility index (Phi) is 5.35. The molecular formula is C16H28N4. The van der Waals surface area contributed by atoms with Crippen LogP contribution >= 0.6 is 0 Å². The van der Waals surface area contributed by atoms with Crippen LogP contribution in [-0.4, -0.2) is 36.1 Å². The number of aryl methyl sites for hydroxylation is 2. The zero-order chi connectivity index (χ0) is 14.5. The highest BCUT2D eigenvalue weighted by Gasteiger charge is 2.20. The number of hydrogen-bond donors (Lipinski definition) is 1. The average Bonchev–Trinajstić information content (AvgIpc) is 2.42.